The molecule has 96 valence electrons. The molecule has 1 saturated heterocycles. The molecule has 5 heteroatoms. The number of aliphatic carboxylic acids is 1. The van der Waals surface area contributed by atoms with Gasteiger partial charge in [-0.1, -0.05) is 19.4 Å². The highest BCUT2D eigenvalue weighted by atomic mass is 16.4. The zero-order chi connectivity index (χ0) is 12.8. The molecule has 0 spiro atoms. The van der Waals surface area contributed by atoms with Crippen molar-refractivity contribution in [1.82, 2.24) is 10.2 Å². The van der Waals surface area contributed by atoms with Gasteiger partial charge < -0.3 is 15.3 Å². The molecule has 0 aromatic heterocycles. The maximum Gasteiger partial charge on any atom is 0.326 e. The van der Waals surface area contributed by atoms with Crippen molar-refractivity contribution in [2.24, 2.45) is 5.92 Å². The first-order valence-electron chi connectivity index (χ1n) is 5.97. The van der Waals surface area contributed by atoms with E-state index >= 15 is 0 Å². The molecule has 0 bridgehead atoms. The van der Waals surface area contributed by atoms with Gasteiger partial charge in [0.15, 0.2) is 0 Å². The summed E-state index contributed by atoms with van der Waals surface area (Å²) in [6.45, 7) is 7.02. The summed E-state index contributed by atoms with van der Waals surface area (Å²) in [4.78, 5) is 24.4. The van der Waals surface area contributed by atoms with Crippen LogP contribution in [0.5, 0.6) is 0 Å². The normalized spacial score (nSPS) is 21.0. The first kappa shape index (κ1) is 13.5. The number of carboxylic acid groups (broad SMARTS) is 1. The fraction of sp³-hybridized carbons (Fsp3) is 0.667. The number of hydrogen-bond donors (Lipinski definition) is 2. The van der Waals surface area contributed by atoms with E-state index < -0.39 is 12.0 Å². The zero-order valence-corrected chi connectivity index (χ0v) is 10.2. The summed E-state index contributed by atoms with van der Waals surface area (Å²) < 4.78 is 0. The van der Waals surface area contributed by atoms with Gasteiger partial charge in [-0.2, -0.15) is 0 Å². The molecule has 2 amide bonds. The highest BCUT2D eigenvalue weighted by Crippen LogP contribution is 2.18. The van der Waals surface area contributed by atoms with Crippen LogP contribution < -0.4 is 5.32 Å². The van der Waals surface area contributed by atoms with E-state index in [2.05, 4.69) is 18.8 Å². The van der Waals surface area contributed by atoms with Gasteiger partial charge in [-0.3, -0.25) is 0 Å². The smallest absolute Gasteiger partial charge is 0.326 e. The Labute approximate surface area is 101 Å². The summed E-state index contributed by atoms with van der Waals surface area (Å²) >= 11 is 0. The number of carboxylic acids is 1. The molecule has 17 heavy (non-hydrogen) atoms. The lowest BCUT2D eigenvalue weighted by molar-refractivity contribution is -0.139. The minimum atomic E-state index is -1.02. The van der Waals surface area contributed by atoms with E-state index in [-0.39, 0.29) is 12.5 Å². The average molecular weight is 240 g/mol. The predicted molar refractivity (Wildman–Crippen MR) is 64.7 cm³/mol. The minimum absolute atomic E-state index is 0.242. The van der Waals surface area contributed by atoms with Gasteiger partial charge in [0.05, 0.1) is 0 Å². The van der Waals surface area contributed by atoms with Crippen molar-refractivity contribution in [3.8, 4) is 0 Å². The lowest BCUT2D eigenvalue weighted by Gasteiger charge is -2.20. The van der Waals surface area contributed by atoms with E-state index in [1.807, 2.05) is 0 Å². The van der Waals surface area contributed by atoms with Crippen LogP contribution in [0.4, 0.5) is 4.79 Å². The van der Waals surface area contributed by atoms with Gasteiger partial charge in [-0.15, -0.1) is 6.58 Å². The summed E-state index contributed by atoms with van der Waals surface area (Å²) in [7, 11) is 0. The lowest BCUT2D eigenvalue weighted by Crippen LogP contribution is -2.47. The quantitative estimate of drug-likeness (QED) is 0.715. The van der Waals surface area contributed by atoms with Crippen molar-refractivity contribution in [2.75, 3.05) is 13.1 Å². The second-order valence-corrected chi connectivity index (χ2v) is 4.37. The summed E-state index contributed by atoms with van der Waals surface area (Å²) in [5, 5.41) is 11.4. The van der Waals surface area contributed by atoms with Crippen molar-refractivity contribution >= 4 is 12.0 Å². The van der Waals surface area contributed by atoms with E-state index in [1.165, 1.54) is 6.08 Å². The summed E-state index contributed by atoms with van der Waals surface area (Å²) in [5.74, 6) is -0.479. The molecular weight excluding hydrogens is 220 g/mol. The number of rotatable bonds is 5. The Balaban J connectivity index is 2.47. The summed E-state index contributed by atoms with van der Waals surface area (Å²) in [6, 6.07) is -1.16. The highest BCUT2D eigenvalue weighted by Gasteiger charge is 2.27. The van der Waals surface area contributed by atoms with Gasteiger partial charge in [0.25, 0.3) is 0 Å². The molecule has 1 aliphatic heterocycles. The van der Waals surface area contributed by atoms with E-state index in [4.69, 9.17) is 5.11 Å². The maximum atomic E-state index is 11.8. The minimum Gasteiger partial charge on any atom is -0.480 e. The van der Waals surface area contributed by atoms with Gasteiger partial charge in [-0.05, 0) is 18.8 Å². The molecule has 1 heterocycles. The largest absolute Gasteiger partial charge is 0.480 e. The monoisotopic (exact) mass is 240 g/mol. The summed E-state index contributed by atoms with van der Waals surface area (Å²) in [5.41, 5.74) is 0. The van der Waals surface area contributed by atoms with Gasteiger partial charge >= 0.3 is 12.0 Å². The first-order valence-corrected chi connectivity index (χ1v) is 5.97. The molecule has 0 radical (unpaired) electrons. The van der Waals surface area contributed by atoms with Crippen LogP contribution in [0, 0.1) is 5.92 Å². The van der Waals surface area contributed by atoms with Crippen molar-refractivity contribution in [2.45, 2.75) is 32.2 Å². The molecule has 0 aliphatic carbocycles. The van der Waals surface area contributed by atoms with Gasteiger partial charge in [0.1, 0.15) is 6.04 Å². The van der Waals surface area contributed by atoms with Crippen LogP contribution >= 0.6 is 0 Å². The van der Waals surface area contributed by atoms with Crippen molar-refractivity contribution < 1.29 is 14.7 Å². The van der Waals surface area contributed by atoms with E-state index in [1.54, 1.807) is 4.90 Å². The Morgan fingerprint density at radius 2 is 2.35 bits per heavy atom. The number of urea groups is 1. The molecule has 5 nitrogen and oxygen atoms in total. The van der Waals surface area contributed by atoms with Crippen molar-refractivity contribution in [1.29, 1.82) is 0 Å². The van der Waals surface area contributed by atoms with E-state index in [0.29, 0.717) is 12.5 Å². The molecule has 2 unspecified atom stereocenters. The third-order valence-electron chi connectivity index (χ3n) is 3.15. The van der Waals surface area contributed by atoms with Crippen LogP contribution in [0.3, 0.4) is 0 Å². The third kappa shape index (κ3) is 3.76. The van der Waals surface area contributed by atoms with Crippen molar-refractivity contribution in [3.05, 3.63) is 12.7 Å². The number of carbonyl (C=O) groups excluding carboxylic acids is 1. The van der Waals surface area contributed by atoms with Crippen LogP contribution in [0.1, 0.15) is 26.2 Å². The molecule has 2 N–H and O–H groups in total. The standard InChI is InChI=1S/C12H20N2O3/c1-3-5-10(11(15)16)13-12(17)14-7-6-9(4-2)8-14/h3,9-10H,1,4-8H2,2H3,(H,13,17)(H,15,16). The number of likely N-dealkylation sites (tertiary alicyclic amines) is 1. The highest BCUT2D eigenvalue weighted by molar-refractivity contribution is 5.82. The summed E-state index contributed by atoms with van der Waals surface area (Å²) in [6.07, 6.45) is 3.80. The Morgan fingerprint density at radius 3 is 2.82 bits per heavy atom. The Morgan fingerprint density at radius 1 is 1.65 bits per heavy atom. The Kier molecular flexibility index (Phi) is 5.00. The molecule has 0 saturated carbocycles. The topological polar surface area (TPSA) is 69.6 Å². The number of carbonyl (C=O) groups is 2. The van der Waals surface area contributed by atoms with Crippen LogP contribution in [0.15, 0.2) is 12.7 Å². The fourth-order valence-electron chi connectivity index (χ4n) is 1.98. The van der Waals surface area contributed by atoms with Crippen LogP contribution in [0.2, 0.25) is 0 Å². The van der Waals surface area contributed by atoms with Gasteiger partial charge in [-0.25, -0.2) is 9.59 Å². The Hall–Kier alpha value is -1.52. The van der Waals surface area contributed by atoms with Gasteiger partial charge in [0.2, 0.25) is 0 Å². The molecule has 2 atom stereocenters. The van der Waals surface area contributed by atoms with E-state index in [9.17, 15) is 9.59 Å². The maximum absolute atomic E-state index is 11.8. The van der Waals surface area contributed by atoms with Crippen LogP contribution in [-0.2, 0) is 4.79 Å². The number of nitrogens with one attached hydrogen (secondary N) is 1. The van der Waals surface area contributed by atoms with Crippen LogP contribution in [-0.4, -0.2) is 41.1 Å². The second kappa shape index (κ2) is 6.27. The Bertz CT molecular complexity index is 304. The average Bonchev–Trinajstić information content (AvgIpc) is 2.76. The number of amides is 2. The van der Waals surface area contributed by atoms with Gasteiger partial charge in [0, 0.05) is 13.1 Å². The lowest BCUT2D eigenvalue weighted by atomic mass is 10.1. The fourth-order valence-corrected chi connectivity index (χ4v) is 1.98. The predicted octanol–water partition coefficient (Wildman–Crippen LogP) is 1.46. The molecular formula is C12H20N2O3. The van der Waals surface area contributed by atoms with Crippen molar-refractivity contribution in [3.63, 3.8) is 0 Å². The van der Waals surface area contributed by atoms with E-state index in [0.717, 1.165) is 19.4 Å². The SMILES string of the molecule is C=CCC(NC(=O)N1CCC(CC)C1)C(=O)O. The molecule has 0 aromatic rings. The first-order chi connectivity index (χ1) is 8.08. The zero-order valence-electron chi connectivity index (χ0n) is 10.2. The molecule has 1 fully saturated rings. The number of hydrogen-bond acceptors (Lipinski definition) is 2. The third-order valence-corrected chi connectivity index (χ3v) is 3.15. The number of nitrogens with zero attached hydrogens (tertiary/aromatic N) is 1. The molecule has 1 aliphatic rings. The molecule has 0 aromatic carbocycles. The van der Waals surface area contributed by atoms with Crippen LogP contribution in [0.25, 0.3) is 0 Å². The molecule has 1 rings (SSSR count). The second-order valence-electron chi connectivity index (χ2n) is 4.37.